The van der Waals surface area contributed by atoms with Gasteiger partial charge in [-0.1, -0.05) is 41.4 Å². The van der Waals surface area contributed by atoms with E-state index in [0.717, 1.165) is 35.4 Å². The number of nitrogens with one attached hydrogen (secondary N) is 1. The Balaban J connectivity index is 1.83. The van der Waals surface area contributed by atoms with Crippen molar-refractivity contribution >= 4 is 44.8 Å². The normalized spacial score (nSPS) is 15.5. The van der Waals surface area contributed by atoms with Gasteiger partial charge in [0.2, 0.25) is 15.9 Å². The molecule has 0 radical (unpaired) electrons. The predicted octanol–water partition coefficient (Wildman–Crippen LogP) is 4.51. The summed E-state index contributed by atoms with van der Waals surface area (Å²) >= 11 is 12.2. The van der Waals surface area contributed by atoms with Crippen LogP contribution in [0.1, 0.15) is 43.0 Å². The molecular weight excluding hydrogens is 431 g/mol. The van der Waals surface area contributed by atoms with Crippen LogP contribution in [0.2, 0.25) is 10.0 Å². The summed E-state index contributed by atoms with van der Waals surface area (Å²) in [5.41, 5.74) is 3.85. The summed E-state index contributed by atoms with van der Waals surface area (Å²) in [6.07, 6.45) is 4.34. The van der Waals surface area contributed by atoms with Gasteiger partial charge in [0.05, 0.1) is 23.0 Å². The first kappa shape index (κ1) is 21.9. The summed E-state index contributed by atoms with van der Waals surface area (Å²) in [5, 5.41) is 3.45. The molecule has 0 saturated carbocycles. The zero-order chi connectivity index (χ0) is 21.3. The van der Waals surface area contributed by atoms with Crippen molar-refractivity contribution in [1.29, 1.82) is 0 Å². The third kappa shape index (κ3) is 4.87. The zero-order valence-electron chi connectivity index (χ0n) is 16.6. The van der Waals surface area contributed by atoms with Crippen molar-refractivity contribution < 1.29 is 13.2 Å². The first-order valence-electron chi connectivity index (χ1n) is 9.44. The highest BCUT2D eigenvalue weighted by atomic mass is 35.5. The van der Waals surface area contributed by atoms with Crippen LogP contribution in [0.15, 0.2) is 36.4 Å². The van der Waals surface area contributed by atoms with Gasteiger partial charge >= 0.3 is 0 Å². The molecule has 0 aliphatic heterocycles. The van der Waals surface area contributed by atoms with Gasteiger partial charge in [-0.05, 0) is 68.0 Å². The number of anilines is 1. The number of carbonyl (C=O) groups excluding carboxylic acids is 1. The Bertz CT molecular complexity index is 1040. The van der Waals surface area contributed by atoms with Crippen LogP contribution in [0.4, 0.5) is 5.69 Å². The largest absolute Gasteiger partial charge is 0.348 e. The van der Waals surface area contributed by atoms with Gasteiger partial charge in [-0.25, -0.2) is 8.42 Å². The second kappa shape index (κ2) is 8.54. The number of rotatable bonds is 6. The van der Waals surface area contributed by atoms with Gasteiger partial charge in [0.25, 0.3) is 0 Å². The lowest BCUT2D eigenvalue weighted by Gasteiger charge is -2.30. The average Bonchev–Trinajstić information content (AvgIpc) is 3.11. The summed E-state index contributed by atoms with van der Waals surface area (Å²) in [5.74, 6) is -0.417. The molecule has 156 valence electrons. The van der Waals surface area contributed by atoms with E-state index in [9.17, 15) is 13.2 Å². The lowest BCUT2D eigenvalue weighted by Crippen LogP contribution is -2.48. The molecular formula is C21H24Cl2N2O3S. The molecule has 8 heteroatoms. The molecule has 2 aromatic carbocycles. The minimum atomic E-state index is -3.78. The Morgan fingerprint density at radius 3 is 2.45 bits per heavy atom. The summed E-state index contributed by atoms with van der Waals surface area (Å²) in [7, 11) is -3.78. The molecule has 2 aromatic rings. The highest BCUT2D eigenvalue weighted by Gasteiger charge is 2.31. The van der Waals surface area contributed by atoms with Crippen LogP contribution >= 0.6 is 23.2 Å². The van der Waals surface area contributed by atoms with Crippen LogP contribution in [0.25, 0.3) is 0 Å². The third-order valence-corrected chi connectivity index (χ3v) is 7.00. The van der Waals surface area contributed by atoms with Gasteiger partial charge in [-0.2, -0.15) is 0 Å². The number of hydrogen-bond donors (Lipinski definition) is 1. The molecule has 29 heavy (non-hydrogen) atoms. The maximum atomic E-state index is 12.9. The number of nitrogens with zero attached hydrogens (tertiary/aromatic N) is 1. The van der Waals surface area contributed by atoms with Crippen molar-refractivity contribution in [3.05, 3.63) is 63.1 Å². The molecule has 0 bridgehead atoms. The lowest BCUT2D eigenvalue weighted by atomic mass is 10.0. The van der Waals surface area contributed by atoms with E-state index in [1.807, 2.05) is 13.0 Å². The fourth-order valence-electron chi connectivity index (χ4n) is 3.71. The van der Waals surface area contributed by atoms with Crippen LogP contribution in [0.5, 0.6) is 0 Å². The van der Waals surface area contributed by atoms with Crippen molar-refractivity contribution in [2.45, 2.75) is 45.2 Å². The van der Waals surface area contributed by atoms with Gasteiger partial charge in [0.15, 0.2) is 0 Å². The van der Waals surface area contributed by atoms with Crippen molar-refractivity contribution in [3.63, 3.8) is 0 Å². The molecule has 3 rings (SSSR count). The smallest absolute Gasteiger partial charge is 0.244 e. The van der Waals surface area contributed by atoms with Gasteiger partial charge < -0.3 is 5.32 Å². The monoisotopic (exact) mass is 454 g/mol. The average molecular weight is 455 g/mol. The summed E-state index contributed by atoms with van der Waals surface area (Å²) in [6, 6.07) is 9.51. The first-order valence-corrected chi connectivity index (χ1v) is 12.0. The molecule has 0 heterocycles. The number of fused-ring (bicyclic) bond motifs is 1. The van der Waals surface area contributed by atoms with Crippen molar-refractivity contribution in [3.8, 4) is 0 Å². The molecule has 1 aliphatic carbocycles. The maximum Gasteiger partial charge on any atom is 0.244 e. The third-order valence-electron chi connectivity index (χ3n) is 5.22. The van der Waals surface area contributed by atoms with Crippen molar-refractivity contribution in [2.75, 3.05) is 10.6 Å². The minimum Gasteiger partial charge on any atom is -0.348 e. The van der Waals surface area contributed by atoms with Crippen molar-refractivity contribution in [2.24, 2.45) is 0 Å². The standard InChI is InChI=1S/C21H24Cl2N2O3S/c1-13(16-8-7-15-5-4-6-17(15)11-16)24-21(26)14(2)25(29(3,27)28)20-12-18(22)9-10-19(20)23/h7-14H,4-6H2,1-3H3,(H,24,26)/t13-,14+/m1/s1. The van der Waals surface area contributed by atoms with E-state index in [0.29, 0.717) is 5.02 Å². The Kier molecular flexibility index (Phi) is 6.46. The van der Waals surface area contributed by atoms with Gasteiger partial charge in [-0.3, -0.25) is 9.10 Å². The molecule has 0 fully saturated rings. The Hall–Kier alpha value is -1.76. The topological polar surface area (TPSA) is 66.5 Å². The second-order valence-corrected chi connectivity index (χ2v) is 10.1. The van der Waals surface area contributed by atoms with E-state index in [4.69, 9.17) is 23.2 Å². The fourth-order valence-corrected chi connectivity index (χ4v) is 5.32. The van der Waals surface area contributed by atoms with E-state index in [1.165, 1.54) is 30.2 Å². The van der Waals surface area contributed by atoms with Crippen molar-refractivity contribution in [1.82, 2.24) is 5.32 Å². The van der Waals surface area contributed by atoms with E-state index in [-0.39, 0.29) is 16.8 Å². The number of hydrogen-bond acceptors (Lipinski definition) is 3. The van der Waals surface area contributed by atoms with Crippen LogP contribution in [0.3, 0.4) is 0 Å². The summed E-state index contributed by atoms with van der Waals surface area (Å²) < 4.78 is 25.9. The highest BCUT2D eigenvalue weighted by Crippen LogP contribution is 2.32. The number of aryl methyl sites for hydroxylation is 2. The zero-order valence-corrected chi connectivity index (χ0v) is 18.9. The molecule has 2 atom stereocenters. The lowest BCUT2D eigenvalue weighted by molar-refractivity contribution is -0.122. The van der Waals surface area contributed by atoms with Crippen LogP contribution in [-0.2, 0) is 27.7 Å². The van der Waals surface area contributed by atoms with Gasteiger partial charge in [0.1, 0.15) is 6.04 Å². The van der Waals surface area contributed by atoms with E-state index in [1.54, 1.807) is 6.07 Å². The number of carbonyl (C=O) groups is 1. The van der Waals surface area contributed by atoms with Crippen LogP contribution < -0.4 is 9.62 Å². The van der Waals surface area contributed by atoms with Crippen LogP contribution in [0, 0.1) is 0 Å². The Morgan fingerprint density at radius 1 is 1.07 bits per heavy atom. The molecule has 0 saturated heterocycles. The Labute approximate surface area is 182 Å². The molecule has 0 unspecified atom stereocenters. The first-order chi connectivity index (χ1) is 13.6. The van der Waals surface area contributed by atoms with Crippen LogP contribution in [-0.4, -0.2) is 26.6 Å². The van der Waals surface area contributed by atoms with E-state index < -0.39 is 22.0 Å². The fraction of sp³-hybridized carbons (Fsp3) is 0.381. The maximum absolute atomic E-state index is 12.9. The van der Waals surface area contributed by atoms with Gasteiger partial charge in [0, 0.05) is 5.02 Å². The Morgan fingerprint density at radius 2 is 1.76 bits per heavy atom. The van der Waals surface area contributed by atoms with E-state index >= 15 is 0 Å². The summed E-state index contributed by atoms with van der Waals surface area (Å²) in [4.78, 5) is 12.9. The number of amides is 1. The number of halogens is 2. The molecule has 1 N–H and O–H groups in total. The molecule has 0 aromatic heterocycles. The second-order valence-electron chi connectivity index (χ2n) is 7.44. The summed E-state index contributed by atoms with van der Waals surface area (Å²) in [6.45, 7) is 3.42. The number of sulfonamides is 1. The quantitative estimate of drug-likeness (QED) is 0.697. The highest BCUT2D eigenvalue weighted by molar-refractivity contribution is 7.92. The molecule has 1 aliphatic rings. The minimum absolute atomic E-state index is 0.175. The molecule has 0 spiro atoms. The number of benzene rings is 2. The van der Waals surface area contributed by atoms with Gasteiger partial charge in [-0.15, -0.1) is 0 Å². The van der Waals surface area contributed by atoms with E-state index in [2.05, 4.69) is 17.4 Å². The molecule has 5 nitrogen and oxygen atoms in total. The SMILES string of the molecule is C[C@@H](NC(=O)[C@H](C)N(c1cc(Cl)ccc1Cl)S(C)(=O)=O)c1ccc2c(c1)CCC2. The predicted molar refractivity (Wildman–Crippen MR) is 118 cm³/mol. The molecule has 1 amide bonds.